The van der Waals surface area contributed by atoms with E-state index >= 15 is 0 Å². The van der Waals surface area contributed by atoms with E-state index in [1.54, 1.807) is 18.9 Å². The normalized spacial score (nSPS) is 22.7. The molecule has 0 bridgehead atoms. The fraction of sp³-hybridized carbons (Fsp3) is 0.556. The van der Waals surface area contributed by atoms with Gasteiger partial charge >= 0.3 is 0 Å². The van der Waals surface area contributed by atoms with Crippen LogP contribution < -0.4 is 0 Å². The van der Waals surface area contributed by atoms with Gasteiger partial charge in [0.2, 0.25) is 11.8 Å². The van der Waals surface area contributed by atoms with E-state index in [1.165, 1.54) is 4.90 Å². The van der Waals surface area contributed by atoms with Crippen LogP contribution in [0.4, 0.5) is 0 Å². The summed E-state index contributed by atoms with van der Waals surface area (Å²) in [5.74, 6) is -0.115. The number of ether oxygens (including phenoxy) is 1. The molecule has 5 heteroatoms. The molecule has 2 atom stereocenters. The molecule has 1 aromatic carbocycles. The molecule has 1 aliphatic rings. The van der Waals surface area contributed by atoms with E-state index in [-0.39, 0.29) is 24.0 Å². The van der Waals surface area contributed by atoms with Crippen LogP contribution in [0.25, 0.3) is 0 Å². The van der Waals surface area contributed by atoms with Crippen LogP contribution in [0.3, 0.4) is 0 Å². The van der Waals surface area contributed by atoms with E-state index in [1.807, 2.05) is 51.1 Å². The summed E-state index contributed by atoms with van der Waals surface area (Å²) in [6.45, 7) is 8.21. The molecule has 1 fully saturated rings. The molecule has 23 heavy (non-hydrogen) atoms. The Hall–Kier alpha value is -1.88. The predicted octanol–water partition coefficient (Wildman–Crippen LogP) is 2.06. The quantitative estimate of drug-likeness (QED) is 0.854. The largest absolute Gasteiger partial charge is 0.373 e. The molecule has 1 aromatic rings. The summed E-state index contributed by atoms with van der Waals surface area (Å²) >= 11 is 0. The zero-order valence-electron chi connectivity index (χ0n) is 14.6. The van der Waals surface area contributed by atoms with Gasteiger partial charge in [0.1, 0.15) is 12.1 Å². The second kappa shape index (κ2) is 6.71. The van der Waals surface area contributed by atoms with Crippen LogP contribution in [0, 0.1) is 0 Å². The lowest BCUT2D eigenvalue weighted by Crippen LogP contribution is -2.63. The van der Waals surface area contributed by atoms with Gasteiger partial charge in [-0.1, -0.05) is 30.3 Å². The maximum absolute atomic E-state index is 12.7. The molecule has 126 valence electrons. The van der Waals surface area contributed by atoms with Gasteiger partial charge in [0.15, 0.2) is 0 Å². The maximum Gasteiger partial charge on any atom is 0.248 e. The van der Waals surface area contributed by atoms with E-state index in [4.69, 9.17) is 4.74 Å². The molecule has 0 N–H and O–H groups in total. The molecule has 1 saturated heterocycles. The number of piperazine rings is 1. The third-order valence-corrected chi connectivity index (χ3v) is 4.10. The second-order valence-electron chi connectivity index (χ2n) is 7.02. The minimum atomic E-state index is -0.580. The van der Waals surface area contributed by atoms with E-state index < -0.39 is 12.1 Å². The molecule has 1 aliphatic heterocycles. The first-order valence-electron chi connectivity index (χ1n) is 7.96. The van der Waals surface area contributed by atoms with E-state index in [0.29, 0.717) is 6.54 Å². The third kappa shape index (κ3) is 4.10. The van der Waals surface area contributed by atoms with Crippen molar-refractivity contribution >= 4 is 11.8 Å². The number of likely N-dealkylation sites (N-methyl/N-ethyl adjacent to an activating group) is 1. The maximum atomic E-state index is 12.7. The van der Waals surface area contributed by atoms with E-state index in [9.17, 15) is 9.59 Å². The summed E-state index contributed by atoms with van der Waals surface area (Å²) in [4.78, 5) is 28.5. The Labute approximate surface area is 138 Å². The molecule has 0 saturated carbocycles. The van der Waals surface area contributed by atoms with Crippen LogP contribution in [0.15, 0.2) is 30.3 Å². The molecule has 0 spiro atoms. The summed E-state index contributed by atoms with van der Waals surface area (Å²) in [6, 6.07) is 8.69. The van der Waals surface area contributed by atoms with Crippen molar-refractivity contribution in [2.24, 2.45) is 0 Å². The average Bonchev–Trinajstić information content (AvgIpc) is 2.50. The van der Waals surface area contributed by atoms with Crippen LogP contribution in [0.5, 0.6) is 0 Å². The van der Waals surface area contributed by atoms with Gasteiger partial charge < -0.3 is 14.5 Å². The lowest BCUT2D eigenvalue weighted by atomic mass is 10.0. The molecule has 1 heterocycles. The van der Waals surface area contributed by atoms with Gasteiger partial charge in [-0.25, -0.2) is 0 Å². The lowest BCUT2D eigenvalue weighted by molar-refractivity contribution is -0.165. The first kappa shape index (κ1) is 17.5. The average molecular weight is 318 g/mol. The van der Waals surface area contributed by atoms with Crippen molar-refractivity contribution in [1.82, 2.24) is 9.80 Å². The highest BCUT2D eigenvalue weighted by molar-refractivity contribution is 5.96. The molecule has 2 amide bonds. The predicted molar refractivity (Wildman–Crippen MR) is 88.7 cm³/mol. The van der Waals surface area contributed by atoms with Crippen molar-refractivity contribution < 1.29 is 14.3 Å². The van der Waals surface area contributed by atoms with Crippen LogP contribution in [0.1, 0.15) is 33.3 Å². The van der Waals surface area contributed by atoms with Crippen LogP contribution in [-0.4, -0.2) is 53.0 Å². The van der Waals surface area contributed by atoms with Gasteiger partial charge in [-0.15, -0.1) is 0 Å². The van der Waals surface area contributed by atoms with Gasteiger partial charge in [0.25, 0.3) is 0 Å². The first-order chi connectivity index (χ1) is 10.7. The molecule has 0 radical (unpaired) electrons. The summed E-state index contributed by atoms with van der Waals surface area (Å²) in [6.07, 6.45) is 0. The molecule has 0 unspecified atom stereocenters. The molecular formula is C18H26N2O3. The third-order valence-electron chi connectivity index (χ3n) is 4.10. The number of hydrogen-bond donors (Lipinski definition) is 0. The number of amides is 2. The number of hydrogen-bond acceptors (Lipinski definition) is 3. The smallest absolute Gasteiger partial charge is 0.248 e. The summed E-state index contributed by atoms with van der Waals surface area (Å²) < 4.78 is 5.80. The highest BCUT2D eigenvalue weighted by atomic mass is 16.5. The van der Waals surface area contributed by atoms with Crippen LogP contribution >= 0.6 is 0 Å². The van der Waals surface area contributed by atoms with Crippen molar-refractivity contribution in [3.05, 3.63) is 35.9 Å². The molecule has 2 rings (SSSR count). The summed E-state index contributed by atoms with van der Waals surface area (Å²) in [5.41, 5.74) is 0.648. The van der Waals surface area contributed by atoms with Crippen molar-refractivity contribution in [3.63, 3.8) is 0 Å². The van der Waals surface area contributed by atoms with E-state index in [2.05, 4.69) is 0 Å². The molecule has 5 nitrogen and oxygen atoms in total. The molecule has 0 aliphatic carbocycles. The number of rotatable bonds is 4. The summed E-state index contributed by atoms with van der Waals surface area (Å²) in [5, 5.41) is 0. The van der Waals surface area contributed by atoms with Crippen molar-refractivity contribution in [1.29, 1.82) is 0 Å². The number of benzene rings is 1. The standard InChI is InChI=1S/C18H26N2O3/c1-13-16(21)20(11-14-9-7-6-8-10-14)15(17(22)19(13)5)12-23-18(2,3)4/h6-10,13,15H,11-12H2,1-5H3/t13-,15-/m0/s1. The number of carbonyl (C=O) groups is 2. The minimum absolute atomic E-state index is 0.0431. The highest BCUT2D eigenvalue weighted by Crippen LogP contribution is 2.21. The van der Waals surface area contributed by atoms with Crippen LogP contribution in [0.2, 0.25) is 0 Å². The Bertz CT molecular complexity index is 565. The fourth-order valence-corrected chi connectivity index (χ4v) is 2.58. The number of nitrogens with zero attached hydrogens (tertiary/aromatic N) is 2. The topological polar surface area (TPSA) is 49.9 Å². The first-order valence-corrected chi connectivity index (χ1v) is 7.96. The highest BCUT2D eigenvalue weighted by Gasteiger charge is 2.42. The van der Waals surface area contributed by atoms with Gasteiger partial charge in [0, 0.05) is 13.6 Å². The Morgan fingerprint density at radius 2 is 1.70 bits per heavy atom. The monoisotopic (exact) mass is 318 g/mol. The summed E-state index contributed by atoms with van der Waals surface area (Å²) in [7, 11) is 1.68. The fourth-order valence-electron chi connectivity index (χ4n) is 2.58. The van der Waals surface area contributed by atoms with Crippen molar-refractivity contribution in [2.45, 2.75) is 51.9 Å². The number of carbonyl (C=O) groups excluding carboxylic acids is 2. The minimum Gasteiger partial charge on any atom is -0.373 e. The molecule has 0 aromatic heterocycles. The SMILES string of the molecule is C[C@H]1C(=O)N(Cc2ccccc2)[C@@H](COC(C)(C)C)C(=O)N1C. The Morgan fingerprint density at radius 3 is 2.26 bits per heavy atom. The lowest BCUT2D eigenvalue weighted by Gasteiger charge is -2.43. The van der Waals surface area contributed by atoms with Crippen molar-refractivity contribution in [3.8, 4) is 0 Å². The van der Waals surface area contributed by atoms with Gasteiger partial charge in [-0.2, -0.15) is 0 Å². The second-order valence-corrected chi connectivity index (χ2v) is 7.02. The zero-order valence-corrected chi connectivity index (χ0v) is 14.6. The Kier molecular flexibility index (Phi) is 5.09. The Balaban J connectivity index is 2.24. The van der Waals surface area contributed by atoms with Crippen LogP contribution in [-0.2, 0) is 20.9 Å². The zero-order chi connectivity index (χ0) is 17.2. The van der Waals surface area contributed by atoms with Gasteiger partial charge in [-0.05, 0) is 33.3 Å². The molecular weight excluding hydrogens is 292 g/mol. The van der Waals surface area contributed by atoms with Crippen molar-refractivity contribution in [2.75, 3.05) is 13.7 Å². The Morgan fingerprint density at radius 1 is 1.09 bits per heavy atom. The van der Waals surface area contributed by atoms with Gasteiger partial charge in [0.05, 0.1) is 12.2 Å². The van der Waals surface area contributed by atoms with Gasteiger partial charge in [-0.3, -0.25) is 9.59 Å². The van der Waals surface area contributed by atoms with E-state index in [0.717, 1.165) is 5.56 Å².